The van der Waals surface area contributed by atoms with Gasteiger partial charge in [0.05, 0.1) is 39.9 Å². The van der Waals surface area contributed by atoms with Crippen molar-refractivity contribution in [1.29, 1.82) is 0 Å². The van der Waals surface area contributed by atoms with Gasteiger partial charge >= 0.3 is 6.18 Å². The number of hydrogen-bond acceptors (Lipinski definition) is 1. The van der Waals surface area contributed by atoms with Crippen molar-refractivity contribution in [2.45, 2.75) is 67.5 Å². The zero-order valence-electron chi connectivity index (χ0n) is 26.1. The van der Waals surface area contributed by atoms with Crippen molar-refractivity contribution in [3.63, 3.8) is 0 Å². The number of rotatable bonds is 2. The molecule has 3 nitrogen and oxygen atoms in total. The quantitative estimate of drug-likeness (QED) is 0.113. The molecule has 220 valence electrons. The summed E-state index contributed by atoms with van der Waals surface area (Å²) < 4.78 is 46.6. The van der Waals surface area contributed by atoms with E-state index in [4.69, 9.17) is 4.98 Å². The number of aromatic nitrogens is 3. The highest BCUT2D eigenvalue weighted by atomic mass is 19.4. The summed E-state index contributed by atoms with van der Waals surface area (Å²) in [6.07, 6.45) is -0.866. The van der Waals surface area contributed by atoms with Crippen molar-refractivity contribution in [1.82, 2.24) is 9.38 Å². The summed E-state index contributed by atoms with van der Waals surface area (Å²) in [6.45, 7) is 15.6. The number of benzene rings is 4. The Balaban J connectivity index is 1.82. The molecular formula is C37H37F3N3+. The fourth-order valence-electron chi connectivity index (χ4n) is 7.25. The van der Waals surface area contributed by atoms with E-state index in [1.54, 1.807) is 6.07 Å². The van der Waals surface area contributed by atoms with Gasteiger partial charge in [-0.25, -0.2) is 4.57 Å². The minimum absolute atomic E-state index is 0.0635. The molecule has 3 heterocycles. The first kappa shape index (κ1) is 27.9. The van der Waals surface area contributed by atoms with Crippen molar-refractivity contribution >= 4 is 59.9 Å². The molecule has 0 spiro atoms. The zero-order chi connectivity index (χ0) is 30.8. The molecule has 7 rings (SSSR count). The Bertz CT molecular complexity index is 2260. The number of alkyl halides is 3. The first-order valence-electron chi connectivity index (χ1n) is 14.9. The van der Waals surface area contributed by atoms with Crippen LogP contribution in [0.3, 0.4) is 0 Å². The maximum Gasteiger partial charge on any atom is 0.416 e. The van der Waals surface area contributed by atoms with Crippen LogP contribution in [0, 0.1) is 17.8 Å². The van der Waals surface area contributed by atoms with Crippen LogP contribution in [0.1, 0.15) is 63.8 Å². The molecule has 43 heavy (non-hydrogen) atoms. The van der Waals surface area contributed by atoms with Gasteiger partial charge in [0, 0.05) is 10.8 Å². The zero-order valence-corrected chi connectivity index (χ0v) is 26.1. The Morgan fingerprint density at radius 3 is 2.09 bits per heavy atom. The predicted molar refractivity (Wildman–Crippen MR) is 171 cm³/mol. The largest absolute Gasteiger partial charge is 0.416 e. The Morgan fingerprint density at radius 1 is 0.744 bits per heavy atom. The maximum absolute atomic E-state index is 14.1. The van der Waals surface area contributed by atoms with Crippen LogP contribution in [0.5, 0.6) is 0 Å². The smallest absolute Gasteiger partial charge is 0.307 e. The van der Waals surface area contributed by atoms with Gasteiger partial charge in [0.25, 0.3) is 6.33 Å². The van der Waals surface area contributed by atoms with E-state index in [0.29, 0.717) is 5.52 Å². The van der Waals surface area contributed by atoms with Crippen molar-refractivity contribution < 1.29 is 17.7 Å². The molecule has 3 aromatic heterocycles. The third-order valence-electron chi connectivity index (χ3n) is 8.81. The van der Waals surface area contributed by atoms with E-state index in [-0.39, 0.29) is 10.8 Å². The number of aryl methyl sites for hydroxylation is 2. The van der Waals surface area contributed by atoms with Crippen LogP contribution in [0.15, 0.2) is 54.9 Å². The van der Waals surface area contributed by atoms with Gasteiger partial charge in [-0.05, 0) is 87.3 Å². The van der Waals surface area contributed by atoms with Crippen LogP contribution in [-0.2, 0) is 26.1 Å². The number of hydrogen-bond donors (Lipinski definition) is 0. The van der Waals surface area contributed by atoms with Crippen molar-refractivity contribution in [3.8, 4) is 0 Å². The maximum atomic E-state index is 14.1. The fraction of sp³-hybridized carbons (Fsp3) is 0.351. The molecule has 6 heteroatoms. The van der Waals surface area contributed by atoms with Gasteiger partial charge in [-0.15, -0.1) is 0 Å². The van der Waals surface area contributed by atoms with E-state index in [0.717, 1.165) is 67.4 Å². The molecule has 0 unspecified atom stereocenters. The van der Waals surface area contributed by atoms with E-state index < -0.39 is 11.7 Å². The Morgan fingerprint density at radius 2 is 1.42 bits per heavy atom. The molecule has 0 N–H and O–H groups in total. The third-order valence-corrected chi connectivity index (χ3v) is 8.81. The fourth-order valence-corrected chi connectivity index (χ4v) is 7.25. The Hall–Kier alpha value is -3.93. The molecule has 0 radical (unpaired) electrons. The average molecular weight is 581 g/mol. The van der Waals surface area contributed by atoms with Gasteiger partial charge in [0.15, 0.2) is 5.52 Å². The molecule has 0 saturated heterocycles. The molecule has 0 fully saturated rings. The predicted octanol–water partition coefficient (Wildman–Crippen LogP) is 9.87. The minimum atomic E-state index is -4.44. The van der Waals surface area contributed by atoms with Gasteiger partial charge in [-0.1, -0.05) is 65.8 Å². The van der Waals surface area contributed by atoms with E-state index in [1.807, 2.05) is 25.5 Å². The number of halogens is 3. The number of pyridine rings is 1. The van der Waals surface area contributed by atoms with Crippen molar-refractivity contribution in [2.75, 3.05) is 0 Å². The second-order valence-electron chi connectivity index (χ2n) is 14.8. The second kappa shape index (κ2) is 8.81. The standard InChI is InChI=1S/C37H37F3N3/c1-20-26-15-21(17-35(2,3)4)9-11-23(26)27(18-36(5,6)7)33-30(20)34-31-28(41-19-42(34)8)14-13-25-24-12-10-22(37(38,39)40)16-29(24)43(33)32(25)31/h9-16,19H,17-18H2,1-8H3/q+1. The van der Waals surface area contributed by atoms with Crippen LogP contribution >= 0.6 is 0 Å². The molecule has 0 atom stereocenters. The summed E-state index contributed by atoms with van der Waals surface area (Å²) >= 11 is 0. The van der Waals surface area contributed by atoms with E-state index in [1.165, 1.54) is 28.6 Å². The van der Waals surface area contributed by atoms with Crippen LogP contribution in [0.25, 0.3) is 59.9 Å². The molecule has 0 aliphatic heterocycles. The SMILES string of the molecule is Cc1c2cc(CC(C)(C)C)ccc2c(CC(C)(C)C)c2c1c1c3c(ccc4c5ccc(C(F)(F)F)cc5n2c43)nc[n+]1C. The lowest BCUT2D eigenvalue weighted by molar-refractivity contribution is -0.646. The van der Waals surface area contributed by atoms with Gasteiger partial charge in [-0.3, -0.25) is 0 Å². The second-order valence-corrected chi connectivity index (χ2v) is 14.8. The summed E-state index contributed by atoms with van der Waals surface area (Å²) in [5.74, 6) is 0. The minimum Gasteiger partial charge on any atom is -0.307 e. The third kappa shape index (κ3) is 4.24. The molecule has 0 aliphatic rings. The number of nitrogens with zero attached hydrogens (tertiary/aromatic N) is 3. The average Bonchev–Trinajstić information content (AvgIpc) is 3.23. The Labute approximate surface area is 249 Å². The highest BCUT2D eigenvalue weighted by molar-refractivity contribution is 6.28. The summed E-state index contributed by atoms with van der Waals surface area (Å²) in [6, 6.07) is 15.0. The summed E-state index contributed by atoms with van der Waals surface area (Å²) in [4.78, 5) is 4.76. The highest BCUT2D eigenvalue weighted by Gasteiger charge is 2.33. The lowest BCUT2D eigenvalue weighted by Crippen LogP contribution is -2.30. The highest BCUT2D eigenvalue weighted by Crippen LogP contribution is 2.46. The molecular weight excluding hydrogens is 543 g/mol. The van der Waals surface area contributed by atoms with Crippen LogP contribution in [0.2, 0.25) is 0 Å². The topological polar surface area (TPSA) is 21.2 Å². The van der Waals surface area contributed by atoms with Gasteiger partial charge in [0.2, 0.25) is 0 Å². The van der Waals surface area contributed by atoms with Gasteiger partial charge in [0.1, 0.15) is 5.52 Å². The number of fused-ring (bicyclic) bond motifs is 7. The van der Waals surface area contributed by atoms with Gasteiger partial charge in [-0.2, -0.15) is 13.2 Å². The molecule has 0 bridgehead atoms. The molecule has 0 saturated carbocycles. The van der Waals surface area contributed by atoms with Gasteiger partial charge < -0.3 is 4.40 Å². The first-order valence-corrected chi connectivity index (χ1v) is 14.9. The summed E-state index contributed by atoms with van der Waals surface area (Å²) in [7, 11) is 2.02. The lowest BCUT2D eigenvalue weighted by Gasteiger charge is -2.25. The van der Waals surface area contributed by atoms with E-state index in [2.05, 4.69) is 75.6 Å². The van der Waals surface area contributed by atoms with Crippen molar-refractivity contribution in [2.24, 2.45) is 17.9 Å². The molecule has 7 aromatic rings. The Kier molecular flexibility index (Phi) is 5.71. The van der Waals surface area contributed by atoms with E-state index in [9.17, 15) is 13.2 Å². The molecule has 0 amide bonds. The summed E-state index contributed by atoms with van der Waals surface area (Å²) in [5, 5.41) is 6.18. The van der Waals surface area contributed by atoms with Crippen LogP contribution in [0.4, 0.5) is 13.2 Å². The normalized spacial score (nSPS) is 13.7. The summed E-state index contributed by atoms with van der Waals surface area (Å²) in [5.41, 5.74) is 7.42. The molecule has 4 aromatic carbocycles. The van der Waals surface area contributed by atoms with Crippen LogP contribution in [-0.4, -0.2) is 9.38 Å². The van der Waals surface area contributed by atoms with E-state index >= 15 is 0 Å². The van der Waals surface area contributed by atoms with Crippen LogP contribution < -0.4 is 4.57 Å². The monoisotopic (exact) mass is 580 g/mol. The first-order chi connectivity index (χ1) is 20.0. The molecule has 0 aliphatic carbocycles. The lowest BCUT2D eigenvalue weighted by atomic mass is 9.82. The van der Waals surface area contributed by atoms with Crippen molar-refractivity contribution in [3.05, 3.63) is 77.1 Å².